The third-order valence-electron chi connectivity index (χ3n) is 4.13. The highest BCUT2D eigenvalue weighted by Gasteiger charge is 2.15. The van der Waals surface area contributed by atoms with E-state index in [1.807, 2.05) is 30.3 Å². The Morgan fingerprint density at radius 2 is 1.55 bits per heavy atom. The Morgan fingerprint density at radius 3 is 2.10 bits per heavy atom. The summed E-state index contributed by atoms with van der Waals surface area (Å²) in [5.74, 6) is 1.43. The molecular weight excluding hydrogens is 372 g/mol. The largest absolute Gasteiger partial charge is 0.493 e. The SMILES string of the molecule is COc1cc(NC(=O)c2cnc(NCc3ccccc3)nc2)cc(OC)c1OC. The Hall–Kier alpha value is -3.81. The zero-order valence-corrected chi connectivity index (χ0v) is 16.4. The van der Waals surface area contributed by atoms with Gasteiger partial charge in [-0.25, -0.2) is 9.97 Å². The van der Waals surface area contributed by atoms with Gasteiger partial charge >= 0.3 is 0 Å². The molecule has 8 heteroatoms. The summed E-state index contributed by atoms with van der Waals surface area (Å²) in [5.41, 5.74) is 1.93. The van der Waals surface area contributed by atoms with Gasteiger partial charge in [0.05, 0.1) is 26.9 Å². The topological polar surface area (TPSA) is 94.6 Å². The van der Waals surface area contributed by atoms with Gasteiger partial charge in [-0.1, -0.05) is 30.3 Å². The minimum Gasteiger partial charge on any atom is -0.493 e. The van der Waals surface area contributed by atoms with Crippen LogP contribution >= 0.6 is 0 Å². The van der Waals surface area contributed by atoms with E-state index in [0.717, 1.165) is 5.56 Å². The van der Waals surface area contributed by atoms with Crippen LogP contribution in [0, 0.1) is 0 Å². The van der Waals surface area contributed by atoms with Crippen molar-refractivity contribution < 1.29 is 19.0 Å². The van der Waals surface area contributed by atoms with Crippen molar-refractivity contribution in [1.29, 1.82) is 0 Å². The molecular formula is C21H22N4O4. The van der Waals surface area contributed by atoms with E-state index >= 15 is 0 Å². The van der Waals surface area contributed by atoms with Gasteiger partial charge in [-0.15, -0.1) is 0 Å². The average Bonchev–Trinajstić information content (AvgIpc) is 2.77. The van der Waals surface area contributed by atoms with Crippen molar-refractivity contribution >= 4 is 17.5 Å². The molecule has 1 aromatic heterocycles. The maximum absolute atomic E-state index is 12.5. The lowest BCUT2D eigenvalue weighted by Crippen LogP contribution is -2.14. The molecule has 2 aromatic carbocycles. The summed E-state index contributed by atoms with van der Waals surface area (Å²) in [4.78, 5) is 20.9. The van der Waals surface area contributed by atoms with E-state index in [-0.39, 0.29) is 5.91 Å². The standard InChI is InChI=1S/C21H22N4O4/c1-27-17-9-16(10-18(28-2)19(17)29-3)25-20(26)15-12-23-21(24-13-15)22-11-14-7-5-4-6-8-14/h4-10,12-13H,11H2,1-3H3,(H,25,26)(H,22,23,24). The summed E-state index contributed by atoms with van der Waals surface area (Å²) in [6.07, 6.45) is 2.93. The number of carbonyl (C=O) groups excluding carboxylic acids is 1. The molecule has 8 nitrogen and oxygen atoms in total. The summed E-state index contributed by atoms with van der Waals surface area (Å²) in [7, 11) is 4.54. The van der Waals surface area contributed by atoms with E-state index in [9.17, 15) is 4.79 Å². The molecule has 0 spiro atoms. The van der Waals surface area contributed by atoms with Crippen LogP contribution in [0.1, 0.15) is 15.9 Å². The van der Waals surface area contributed by atoms with Crippen LogP contribution in [0.2, 0.25) is 0 Å². The number of nitrogens with zero attached hydrogens (tertiary/aromatic N) is 2. The van der Waals surface area contributed by atoms with Gasteiger partial charge in [-0.3, -0.25) is 4.79 Å². The highest BCUT2D eigenvalue weighted by molar-refractivity contribution is 6.04. The van der Waals surface area contributed by atoms with Crippen molar-refractivity contribution in [1.82, 2.24) is 9.97 Å². The Kier molecular flexibility index (Phi) is 6.47. The van der Waals surface area contributed by atoms with Crippen molar-refractivity contribution in [2.24, 2.45) is 0 Å². The first-order valence-corrected chi connectivity index (χ1v) is 8.85. The lowest BCUT2D eigenvalue weighted by Gasteiger charge is -2.14. The molecule has 0 fully saturated rings. The van der Waals surface area contributed by atoms with Gasteiger partial charge in [-0.2, -0.15) is 0 Å². The predicted molar refractivity (Wildman–Crippen MR) is 110 cm³/mol. The van der Waals surface area contributed by atoms with Gasteiger partial charge in [0.25, 0.3) is 5.91 Å². The third kappa shape index (κ3) is 4.92. The van der Waals surface area contributed by atoms with Crippen molar-refractivity contribution in [2.75, 3.05) is 32.0 Å². The molecule has 0 aliphatic rings. The van der Waals surface area contributed by atoms with Gasteiger partial charge < -0.3 is 24.8 Å². The number of carbonyl (C=O) groups is 1. The van der Waals surface area contributed by atoms with Gasteiger partial charge in [0, 0.05) is 36.8 Å². The van der Waals surface area contributed by atoms with Crippen LogP contribution in [0.25, 0.3) is 0 Å². The Labute approximate surface area is 168 Å². The molecule has 1 heterocycles. The van der Waals surface area contributed by atoms with Crippen molar-refractivity contribution in [3.63, 3.8) is 0 Å². The molecule has 0 aliphatic carbocycles. The Bertz CT molecular complexity index is 937. The number of aromatic nitrogens is 2. The minimum atomic E-state index is -0.353. The summed E-state index contributed by atoms with van der Waals surface area (Å²) in [6, 6.07) is 13.2. The van der Waals surface area contributed by atoms with Gasteiger partial charge in [0.1, 0.15) is 0 Å². The normalized spacial score (nSPS) is 10.2. The molecule has 3 aromatic rings. The fourth-order valence-corrected chi connectivity index (χ4v) is 2.67. The first kappa shape index (κ1) is 19.9. The molecule has 2 N–H and O–H groups in total. The fourth-order valence-electron chi connectivity index (χ4n) is 2.67. The van der Waals surface area contributed by atoms with Crippen LogP contribution in [0.15, 0.2) is 54.9 Å². The molecule has 0 bridgehead atoms. The number of anilines is 2. The molecule has 0 saturated carbocycles. The molecule has 0 atom stereocenters. The van der Waals surface area contributed by atoms with E-state index in [1.54, 1.807) is 12.1 Å². The first-order chi connectivity index (χ1) is 14.1. The highest BCUT2D eigenvalue weighted by atomic mass is 16.5. The summed E-state index contributed by atoms with van der Waals surface area (Å²) >= 11 is 0. The quantitative estimate of drug-likeness (QED) is 0.605. The zero-order chi connectivity index (χ0) is 20.6. The van der Waals surface area contributed by atoms with E-state index < -0.39 is 0 Å². The molecule has 29 heavy (non-hydrogen) atoms. The maximum atomic E-state index is 12.5. The second-order valence-corrected chi connectivity index (χ2v) is 6.00. The number of rotatable bonds is 8. The average molecular weight is 394 g/mol. The van der Waals surface area contributed by atoms with Gasteiger partial charge in [-0.05, 0) is 5.56 Å². The summed E-state index contributed by atoms with van der Waals surface area (Å²) in [6.45, 7) is 0.595. The number of methoxy groups -OCH3 is 3. The van der Waals surface area contributed by atoms with Crippen LogP contribution in [0.3, 0.4) is 0 Å². The van der Waals surface area contributed by atoms with Crippen molar-refractivity contribution in [3.8, 4) is 17.2 Å². The molecule has 3 rings (SSSR count). The molecule has 1 amide bonds. The fraction of sp³-hybridized carbons (Fsp3) is 0.190. The molecule has 150 valence electrons. The number of hydrogen-bond donors (Lipinski definition) is 2. The Balaban J connectivity index is 1.68. The third-order valence-corrected chi connectivity index (χ3v) is 4.13. The molecule has 0 unspecified atom stereocenters. The summed E-state index contributed by atoms with van der Waals surface area (Å²) in [5, 5.41) is 5.90. The number of hydrogen-bond acceptors (Lipinski definition) is 7. The minimum absolute atomic E-state index is 0.323. The zero-order valence-electron chi connectivity index (χ0n) is 16.4. The van der Waals surface area contributed by atoms with Crippen LogP contribution in [0.5, 0.6) is 17.2 Å². The highest BCUT2D eigenvalue weighted by Crippen LogP contribution is 2.39. The first-order valence-electron chi connectivity index (χ1n) is 8.85. The lowest BCUT2D eigenvalue weighted by molar-refractivity contribution is 0.102. The Morgan fingerprint density at radius 1 is 0.931 bits per heavy atom. The molecule has 0 saturated heterocycles. The second-order valence-electron chi connectivity index (χ2n) is 6.00. The maximum Gasteiger partial charge on any atom is 0.258 e. The summed E-state index contributed by atoms with van der Waals surface area (Å²) < 4.78 is 15.9. The van der Waals surface area contributed by atoms with Crippen LogP contribution in [-0.4, -0.2) is 37.2 Å². The second kappa shape index (κ2) is 9.41. The van der Waals surface area contributed by atoms with E-state index in [4.69, 9.17) is 14.2 Å². The molecule has 0 radical (unpaired) electrons. The van der Waals surface area contributed by atoms with Crippen molar-refractivity contribution in [3.05, 3.63) is 66.0 Å². The monoisotopic (exact) mass is 394 g/mol. The number of ether oxygens (including phenoxy) is 3. The van der Waals surface area contributed by atoms with Gasteiger partial charge in [0.15, 0.2) is 11.5 Å². The number of benzene rings is 2. The van der Waals surface area contributed by atoms with E-state index in [0.29, 0.717) is 41.0 Å². The molecule has 0 aliphatic heterocycles. The number of amides is 1. The van der Waals surface area contributed by atoms with Crippen LogP contribution < -0.4 is 24.8 Å². The van der Waals surface area contributed by atoms with Crippen LogP contribution in [-0.2, 0) is 6.54 Å². The smallest absolute Gasteiger partial charge is 0.258 e. The lowest BCUT2D eigenvalue weighted by atomic mass is 10.2. The van der Waals surface area contributed by atoms with E-state index in [2.05, 4.69) is 20.6 Å². The predicted octanol–water partition coefficient (Wildman–Crippen LogP) is 3.37. The number of nitrogens with one attached hydrogen (secondary N) is 2. The van der Waals surface area contributed by atoms with Crippen molar-refractivity contribution in [2.45, 2.75) is 6.54 Å². The van der Waals surface area contributed by atoms with Crippen LogP contribution in [0.4, 0.5) is 11.6 Å². The van der Waals surface area contributed by atoms with E-state index in [1.165, 1.54) is 33.7 Å². The van der Waals surface area contributed by atoms with Gasteiger partial charge in [0.2, 0.25) is 11.7 Å².